The third kappa shape index (κ3) is 3.94. The van der Waals surface area contributed by atoms with Gasteiger partial charge < -0.3 is 4.43 Å². The highest BCUT2D eigenvalue weighted by atomic mass is 28.4. The van der Waals surface area contributed by atoms with E-state index in [9.17, 15) is 4.79 Å². The zero-order valence-corrected chi connectivity index (χ0v) is 10.2. The van der Waals surface area contributed by atoms with Crippen molar-refractivity contribution in [1.82, 2.24) is 0 Å². The van der Waals surface area contributed by atoms with Gasteiger partial charge in [0.1, 0.15) is 0 Å². The molecule has 0 aromatic carbocycles. The first-order valence-corrected chi connectivity index (χ1v) is 7.73. The van der Waals surface area contributed by atoms with Gasteiger partial charge in [0, 0.05) is 0 Å². The second-order valence-corrected chi connectivity index (χ2v) is 7.97. The molecule has 0 atom stereocenters. The Morgan fingerprint density at radius 3 is 1.92 bits per heavy atom. The Morgan fingerprint density at radius 2 is 1.62 bits per heavy atom. The van der Waals surface area contributed by atoms with Crippen LogP contribution in [0, 0.1) is 6.42 Å². The van der Waals surface area contributed by atoms with E-state index in [0.717, 1.165) is 24.6 Å². The third-order valence-corrected chi connectivity index (χ3v) is 7.12. The Bertz CT molecular complexity index is 145. The quantitative estimate of drug-likeness (QED) is 0.617. The molecule has 0 amide bonds. The van der Waals surface area contributed by atoms with Crippen molar-refractivity contribution in [3.63, 3.8) is 0 Å². The Balaban J connectivity index is 4.16. The Labute approximate surface area is 82.8 Å². The van der Waals surface area contributed by atoms with Crippen LogP contribution in [0.1, 0.15) is 34.1 Å². The van der Waals surface area contributed by atoms with Gasteiger partial charge >= 0.3 is 0 Å². The van der Waals surface area contributed by atoms with Crippen LogP contribution in [0.3, 0.4) is 0 Å². The van der Waals surface area contributed by atoms with Crippen LogP contribution < -0.4 is 0 Å². The molecule has 0 unspecified atom stereocenters. The maximum Gasteiger partial charge on any atom is 0.296 e. The van der Waals surface area contributed by atoms with Gasteiger partial charge in [0.25, 0.3) is 14.3 Å². The van der Waals surface area contributed by atoms with E-state index < -0.39 is 8.32 Å². The standard InChI is InChI=1S/C10H21O2Si/c1-5-9-10(11)12-13(6-2,7-3)8-4/h9H,5-8H2,1-4H3. The smallest absolute Gasteiger partial charge is 0.296 e. The molecular weight excluding hydrogens is 180 g/mol. The van der Waals surface area contributed by atoms with Crippen molar-refractivity contribution in [3.05, 3.63) is 6.42 Å². The molecule has 0 aromatic heterocycles. The van der Waals surface area contributed by atoms with Crippen LogP contribution in [0.4, 0.5) is 0 Å². The van der Waals surface area contributed by atoms with Gasteiger partial charge in [0.15, 0.2) is 0 Å². The molecule has 0 spiro atoms. The predicted molar refractivity (Wildman–Crippen MR) is 57.9 cm³/mol. The average molecular weight is 201 g/mol. The van der Waals surface area contributed by atoms with Crippen molar-refractivity contribution in [2.24, 2.45) is 0 Å². The molecule has 0 rings (SSSR count). The number of hydrogen-bond acceptors (Lipinski definition) is 2. The van der Waals surface area contributed by atoms with Crippen LogP contribution in [-0.4, -0.2) is 14.3 Å². The summed E-state index contributed by atoms with van der Waals surface area (Å²) in [6.07, 6.45) is 2.39. The third-order valence-electron chi connectivity index (χ3n) is 2.62. The summed E-state index contributed by atoms with van der Waals surface area (Å²) >= 11 is 0. The lowest BCUT2D eigenvalue weighted by Gasteiger charge is -2.27. The van der Waals surface area contributed by atoms with E-state index in [2.05, 4.69) is 20.8 Å². The van der Waals surface area contributed by atoms with Crippen LogP contribution in [0.15, 0.2) is 0 Å². The molecule has 2 nitrogen and oxygen atoms in total. The number of hydrogen-bond donors (Lipinski definition) is 0. The fraction of sp³-hybridized carbons (Fsp3) is 0.800. The highest BCUT2D eigenvalue weighted by Gasteiger charge is 2.32. The maximum absolute atomic E-state index is 11.3. The van der Waals surface area contributed by atoms with Crippen LogP contribution in [-0.2, 0) is 9.22 Å². The van der Waals surface area contributed by atoms with Crippen molar-refractivity contribution < 1.29 is 9.22 Å². The van der Waals surface area contributed by atoms with Crippen LogP contribution in [0.2, 0.25) is 18.1 Å². The Hall–Kier alpha value is -0.313. The lowest BCUT2D eigenvalue weighted by atomic mass is 10.4. The lowest BCUT2D eigenvalue weighted by molar-refractivity contribution is -0.131. The molecule has 0 aliphatic rings. The Kier molecular flexibility index (Phi) is 6.04. The molecule has 0 saturated heterocycles. The minimum absolute atomic E-state index is 0.111. The SMILES string of the molecule is CC[CH]C(=O)O[Si](CC)(CC)CC. The summed E-state index contributed by atoms with van der Waals surface area (Å²) in [4.78, 5) is 11.3. The zero-order chi connectivity index (χ0) is 10.3. The Morgan fingerprint density at radius 1 is 1.15 bits per heavy atom. The second kappa shape index (κ2) is 6.19. The van der Waals surface area contributed by atoms with E-state index in [1.807, 2.05) is 6.92 Å². The number of carbonyl (C=O) groups excluding carboxylic acids is 1. The van der Waals surface area contributed by atoms with Crippen molar-refractivity contribution in [1.29, 1.82) is 0 Å². The monoisotopic (exact) mass is 201 g/mol. The summed E-state index contributed by atoms with van der Waals surface area (Å²) in [5, 5.41) is 0. The van der Waals surface area contributed by atoms with Gasteiger partial charge in [-0.25, -0.2) is 0 Å². The molecule has 0 N–H and O–H groups in total. The summed E-state index contributed by atoms with van der Waals surface area (Å²) in [5.41, 5.74) is 0. The van der Waals surface area contributed by atoms with Crippen molar-refractivity contribution in [3.8, 4) is 0 Å². The molecule has 0 bridgehead atoms. The van der Waals surface area contributed by atoms with Crippen LogP contribution in [0.5, 0.6) is 0 Å². The first-order chi connectivity index (χ1) is 6.14. The molecular formula is C10H21O2Si. The van der Waals surface area contributed by atoms with Crippen LogP contribution >= 0.6 is 0 Å². The van der Waals surface area contributed by atoms with E-state index >= 15 is 0 Å². The minimum atomic E-state index is -1.70. The molecule has 0 aliphatic heterocycles. The molecule has 13 heavy (non-hydrogen) atoms. The molecule has 0 fully saturated rings. The predicted octanol–water partition coefficient (Wildman–Crippen LogP) is 3.15. The molecule has 77 valence electrons. The van der Waals surface area contributed by atoms with Crippen LogP contribution in [0.25, 0.3) is 0 Å². The fourth-order valence-corrected chi connectivity index (χ4v) is 3.83. The molecule has 1 radical (unpaired) electrons. The zero-order valence-electron chi connectivity index (χ0n) is 9.22. The van der Waals surface area contributed by atoms with E-state index in [1.165, 1.54) is 0 Å². The van der Waals surface area contributed by atoms with Gasteiger partial charge in [-0.3, -0.25) is 4.79 Å². The van der Waals surface area contributed by atoms with E-state index in [0.29, 0.717) is 0 Å². The van der Waals surface area contributed by atoms with Crippen molar-refractivity contribution in [2.45, 2.75) is 52.2 Å². The normalized spacial score (nSPS) is 11.4. The first kappa shape index (κ1) is 12.7. The van der Waals surface area contributed by atoms with Gasteiger partial charge in [-0.05, 0) is 24.6 Å². The second-order valence-electron chi connectivity index (χ2n) is 3.28. The fourth-order valence-electron chi connectivity index (χ4n) is 1.39. The average Bonchev–Trinajstić information content (AvgIpc) is 2.15. The summed E-state index contributed by atoms with van der Waals surface area (Å²) in [6.45, 7) is 8.32. The topological polar surface area (TPSA) is 26.3 Å². The highest BCUT2D eigenvalue weighted by Crippen LogP contribution is 2.22. The summed E-state index contributed by atoms with van der Waals surface area (Å²) in [5.74, 6) is -0.111. The van der Waals surface area contributed by atoms with E-state index in [4.69, 9.17) is 4.43 Å². The largest absolute Gasteiger partial charge is 0.519 e. The molecule has 3 heteroatoms. The molecule has 0 saturated carbocycles. The van der Waals surface area contributed by atoms with Crippen molar-refractivity contribution in [2.75, 3.05) is 0 Å². The van der Waals surface area contributed by atoms with Gasteiger partial charge in [0.2, 0.25) is 0 Å². The van der Waals surface area contributed by atoms with Gasteiger partial charge in [-0.1, -0.05) is 27.7 Å². The summed E-state index contributed by atoms with van der Waals surface area (Å²) in [7, 11) is -1.70. The number of carbonyl (C=O) groups is 1. The number of rotatable bonds is 6. The van der Waals surface area contributed by atoms with Gasteiger partial charge in [0.05, 0.1) is 6.42 Å². The summed E-state index contributed by atoms with van der Waals surface area (Å²) in [6, 6.07) is 3.09. The highest BCUT2D eigenvalue weighted by molar-refractivity contribution is 6.75. The van der Waals surface area contributed by atoms with E-state index in [-0.39, 0.29) is 5.97 Å². The minimum Gasteiger partial charge on any atom is -0.519 e. The van der Waals surface area contributed by atoms with Gasteiger partial charge in [-0.2, -0.15) is 0 Å². The lowest BCUT2D eigenvalue weighted by Crippen LogP contribution is -2.38. The molecule has 0 aliphatic carbocycles. The molecule has 0 heterocycles. The molecule has 0 aromatic rings. The maximum atomic E-state index is 11.3. The van der Waals surface area contributed by atoms with Gasteiger partial charge in [-0.15, -0.1) is 0 Å². The van der Waals surface area contributed by atoms with Crippen molar-refractivity contribution >= 4 is 14.3 Å². The van der Waals surface area contributed by atoms with E-state index in [1.54, 1.807) is 6.42 Å². The first-order valence-electron chi connectivity index (χ1n) is 5.20. The summed E-state index contributed by atoms with van der Waals surface area (Å²) < 4.78 is 5.57.